The van der Waals surface area contributed by atoms with Gasteiger partial charge in [-0.15, -0.1) is 0 Å². The van der Waals surface area contributed by atoms with Crippen LogP contribution in [0.3, 0.4) is 0 Å². The molecule has 0 fully saturated rings. The molecule has 0 heterocycles. The number of carbonyl (C=O) groups excluding carboxylic acids is 1. The summed E-state index contributed by atoms with van der Waals surface area (Å²) in [7, 11) is 0. The number of allylic oxidation sites excluding steroid dienone is 2. The maximum absolute atomic E-state index is 11.5. The first-order valence-corrected chi connectivity index (χ1v) is 6.21. The molecule has 0 radical (unpaired) electrons. The summed E-state index contributed by atoms with van der Waals surface area (Å²) in [4.78, 5) is 11.5. The van der Waals surface area contributed by atoms with Crippen LogP contribution in [-0.2, 0) is 4.74 Å². The fraction of sp³-hybridized carbons (Fsp3) is 0.400. The molecule has 1 aromatic carbocycles. The van der Waals surface area contributed by atoms with E-state index in [-0.39, 0.29) is 5.97 Å². The minimum Gasteiger partial charge on any atom is -0.462 e. The van der Waals surface area contributed by atoms with Crippen molar-refractivity contribution < 1.29 is 9.53 Å². The number of hydrogen-bond acceptors (Lipinski definition) is 2. The fourth-order valence-electron chi connectivity index (χ4n) is 1.47. The van der Waals surface area contributed by atoms with Gasteiger partial charge in [-0.3, -0.25) is 0 Å². The predicted molar refractivity (Wildman–Crippen MR) is 70.0 cm³/mol. The molecule has 0 bridgehead atoms. The van der Waals surface area contributed by atoms with Gasteiger partial charge in [0.05, 0.1) is 12.2 Å². The van der Waals surface area contributed by atoms with Gasteiger partial charge in [-0.25, -0.2) is 4.79 Å². The highest BCUT2D eigenvalue weighted by molar-refractivity contribution is 5.89. The van der Waals surface area contributed by atoms with Gasteiger partial charge in [-0.2, -0.15) is 0 Å². The molecular formula is C15H20O2. The van der Waals surface area contributed by atoms with Crippen molar-refractivity contribution in [3.8, 4) is 0 Å². The Hall–Kier alpha value is -1.57. The van der Waals surface area contributed by atoms with Gasteiger partial charge in [-0.05, 0) is 37.8 Å². The van der Waals surface area contributed by atoms with Crippen molar-refractivity contribution >= 4 is 5.97 Å². The number of carbonyl (C=O) groups is 1. The van der Waals surface area contributed by atoms with Gasteiger partial charge in [0.2, 0.25) is 0 Å². The van der Waals surface area contributed by atoms with Gasteiger partial charge in [0, 0.05) is 0 Å². The summed E-state index contributed by atoms with van der Waals surface area (Å²) in [6, 6.07) is 9.10. The van der Waals surface area contributed by atoms with Crippen LogP contribution in [0.15, 0.2) is 42.5 Å². The van der Waals surface area contributed by atoms with Crippen LogP contribution in [-0.4, -0.2) is 12.6 Å². The van der Waals surface area contributed by atoms with E-state index in [9.17, 15) is 4.79 Å². The number of hydrogen-bond donors (Lipinski definition) is 0. The van der Waals surface area contributed by atoms with E-state index < -0.39 is 0 Å². The quantitative estimate of drug-likeness (QED) is 0.404. The first-order chi connectivity index (χ1) is 8.34. The molecule has 0 spiro atoms. The highest BCUT2D eigenvalue weighted by atomic mass is 16.5. The van der Waals surface area contributed by atoms with Crippen LogP contribution in [0.4, 0.5) is 0 Å². The maximum atomic E-state index is 11.5. The highest BCUT2D eigenvalue weighted by Gasteiger charge is 2.04. The van der Waals surface area contributed by atoms with Crippen LogP contribution in [0, 0.1) is 0 Å². The van der Waals surface area contributed by atoms with E-state index in [0.29, 0.717) is 12.2 Å². The van der Waals surface area contributed by atoms with Crippen LogP contribution in [0.5, 0.6) is 0 Å². The SMILES string of the molecule is CCC=CCCCCOC(=O)c1ccccc1. The molecule has 0 atom stereocenters. The van der Waals surface area contributed by atoms with E-state index in [1.807, 2.05) is 18.2 Å². The van der Waals surface area contributed by atoms with Gasteiger partial charge < -0.3 is 4.74 Å². The van der Waals surface area contributed by atoms with Crippen LogP contribution < -0.4 is 0 Å². The van der Waals surface area contributed by atoms with E-state index in [2.05, 4.69) is 19.1 Å². The molecule has 1 rings (SSSR count). The lowest BCUT2D eigenvalue weighted by molar-refractivity contribution is 0.0498. The summed E-state index contributed by atoms with van der Waals surface area (Å²) in [5.74, 6) is -0.227. The number of esters is 1. The number of unbranched alkanes of at least 4 members (excludes halogenated alkanes) is 2. The molecule has 2 nitrogen and oxygen atoms in total. The number of rotatable bonds is 7. The third-order valence-corrected chi connectivity index (χ3v) is 2.41. The Morgan fingerprint density at radius 3 is 2.65 bits per heavy atom. The van der Waals surface area contributed by atoms with Crippen molar-refractivity contribution in [2.45, 2.75) is 32.6 Å². The molecule has 92 valence electrons. The zero-order valence-electron chi connectivity index (χ0n) is 10.4. The zero-order chi connectivity index (χ0) is 12.3. The van der Waals surface area contributed by atoms with E-state index >= 15 is 0 Å². The zero-order valence-corrected chi connectivity index (χ0v) is 10.4. The summed E-state index contributed by atoms with van der Waals surface area (Å²) in [6.45, 7) is 2.63. The summed E-state index contributed by atoms with van der Waals surface area (Å²) in [6.07, 6.45) is 8.49. The molecule has 0 aromatic heterocycles. The second-order valence-electron chi connectivity index (χ2n) is 3.88. The van der Waals surface area contributed by atoms with E-state index in [0.717, 1.165) is 25.7 Å². The topological polar surface area (TPSA) is 26.3 Å². The predicted octanol–water partition coefficient (Wildman–Crippen LogP) is 3.98. The Bertz CT molecular complexity index is 341. The molecule has 0 amide bonds. The van der Waals surface area contributed by atoms with Gasteiger partial charge in [0.15, 0.2) is 0 Å². The van der Waals surface area contributed by atoms with Crippen molar-refractivity contribution in [2.24, 2.45) is 0 Å². The van der Waals surface area contributed by atoms with Gasteiger partial charge in [-0.1, -0.05) is 37.3 Å². The number of benzene rings is 1. The Morgan fingerprint density at radius 2 is 1.94 bits per heavy atom. The Labute approximate surface area is 103 Å². The van der Waals surface area contributed by atoms with Gasteiger partial charge >= 0.3 is 5.97 Å². The summed E-state index contributed by atoms with van der Waals surface area (Å²) >= 11 is 0. The summed E-state index contributed by atoms with van der Waals surface area (Å²) < 4.78 is 5.17. The Balaban J connectivity index is 2.11. The molecule has 0 aliphatic rings. The van der Waals surface area contributed by atoms with Crippen LogP contribution >= 0.6 is 0 Å². The average Bonchev–Trinajstić information content (AvgIpc) is 2.38. The van der Waals surface area contributed by atoms with Crippen molar-refractivity contribution in [2.75, 3.05) is 6.61 Å². The molecule has 0 N–H and O–H groups in total. The standard InChI is InChI=1S/C15H20O2/c1-2-3-4-5-6-10-13-17-15(16)14-11-8-7-9-12-14/h3-4,7-9,11-12H,2,5-6,10,13H2,1H3. The summed E-state index contributed by atoms with van der Waals surface area (Å²) in [5, 5.41) is 0. The normalized spacial score (nSPS) is 10.6. The molecule has 0 saturated heterocycles. The molecule has 0 unspecified atom stereocenters. The highest BCUT2D eigenvalue weighted by Crippen LogP contribution is 2.03. The third-order valence-electron chi connectivity index (χ3n) is 2.41. The lowest BCUT2D eigenvalue weighted by atomic mass is 10.2. The molecule has 17 heavy (non-hydrogen) atoms. The molecule has 0 aliphatic heterocycles. The van der Waals surface area contributed by atoms with Crippen LogP contribution in [0.2, 0.25) is 0 Å². The van der Waals surface area contributed by atoms with Gasteiger partial charge in [0.25, 0.3) is 0 Å². The van der Waals surface area contributed by atoms with E-state index in [1.165, 1.54) is 0 Å². The lowest BCUT2D eigenvalue weighted by Crippen LogP contribution is -2.05. The van der Waals surface area contributed by atoms with Gasteiger partial charge in [0.1, 0.15) is 0 Å². The smallest absolute Gasteiger partial charge is 0.338 e. The second kappa shape index (κ2) is 8.57. The Morgan fingerprint density at radius 1 is 1.18 bits per heavy atom. The Kier molecular flexibility index (Phi) is 6.80. The largest absolute Gasteiger partial charge is 0.462 e. The maximum Gasteiger partial charge on any atom is 0.338 e. The lowest BCUT2D eigenvalue weighted by Gasteiger charge is -2.03. The average molecular weight is 232 g/mol. The van der Waals surface area contributed by atoms with Crippen LogP contribution in [0.1, 0.15) is 43.0 Å². The van der Waals surface area contributed by atoms with Crippen molar-refractivity contribution in [1.29, 1.82) is 0 Å². The minimum absolute atomic E-state index is 0.227. The fourth-order valence-corrected chi connectivity index (χ4v) is 1.47. The van der Waals surface area contributed by atoms with Crippen molar-refractivity contribution in [3.63, 3.8) is 0 Å². The molecule has 2 heteroatoms. The van der Waals surface area contributed by atoms with Crippen molar-refractivity contribution in [1.82, 2.24) is 0 Å². The third kappa shape index (κ3) is 5.91. The summed E-state index contributed by atoms with van der Waals surface area (Å²) in [5.41, 5.74) is 0.623. The van der Waals surface area contributed by atoms with E-state index in [1.54, 1.807) is 12.1 Å². The first-order valence-electron chi connectivity index (χ1n) is 6.21. The van der Waals surface area contributed by atoms with Crippen molar-refractivity contribution in [3.05, 3.63) is 48.0 Å². The second-order valence-corrected chi connectivity index (χ2v) is 3.88. The minimum atomic E-state index is -0.227. The van der Waals surface area contributed by atoms with Crippen LogP contribution in [0.25, 0.3) is 0 Å². The molecule has 0 aliphatic carbocycles. The molecule has 0 saturated carbocycles. The number of ether oxygens (including phenoxy) is 1. The molecule has 1 aromatic rings. The first kappa shape index (κ1) is 13.5. The van der Waals surface area contributed by atoms with E-state index in [4.69, 9.17) is 4.74 Å². The molecular weight excluding hydrogens is 212 g/mol. The monoisotopic (exact) mass is 232 g/mol.